The van der Waals surface area contributed by atoms with Gasteiger partial charge in [0.15, 0.2) is 0 Å². The van der Waals surface area contributed by atoms with E-state index in [2.05, 4.69) is 11.4 Å². The van der Waals surface area contributed by atoms with Gasteiger partial charge in [0.2, 0.25) is 0 Å². The van der Waals surface area contributed by atoms with Gasteiger partial charge in [-0.25, -0.2) is 4.79 Å². The normalized spacial score (nSPS) is 24.6. The van der Waals surface area contributed by atoms with Gasteiger partial charge in [-0.15, -0.1) is 0 Å². The molecule has 1 heterocycles. The van der Waals surface area contributed by atoms with Crippen molar-refractivity contribution in [3.8, 4) is 6.07 Å². The third-order valence-corrected chi connectivity index (χ3v) is 3.68. The molecule has 1 fully saturated rings. The average molecular weight is 273 g/mol. The highest BCUT2D eigenvalue weighted by Gasteiger charge is 2.51. The number of rotatable bonds is 4. The minimum absolute atomic E-state index is 0.126. The quantitative estimate of drug-likeness (QED) is 0.872. The zero-order chi connectivity index (χ0) is 14.5. The van der Waals surface area contributed by atoms with Gasteiger partial charge in [-0.1, -0.05) is 37.3 Å². The summed E-state index contributed by atoms with van der Waals surface area (Å²) in [6.45, 7) is 2.40. The zero-order valence-corrected chi connectivity index (χ0v) is 11.5. The lowest BCUT2D eigenvalue weighted by atomic mass is 9.76. The summed E-state index contributed by atoms with van der Waals surface area (Å²) in [7, 11) is 0. The van der Waals surface area contributed by atoms with Gasteiger partial charge in [-0.2, -0.15) is 5.26 Å². The lowest BCUT2D eigenvalue weighted by Gasteiger charge is -2.51. The Hall–Kier alpha value is -2.06. The molecule has 2 N–H and O–H groups in total. The van der Waals surface area contributed by atoms with Crippen LogP contribution in [0.15, 0.2) is 30.3 Å². The number of hydrogen-bond donors (Lipinski definition) is 2. The molecule has 5 heteroatoms. The Kier molecular flexibility index (Phi) is 4.59. The SMILES string of the molecule is CCCNC(=O)N1[C@H](C#N)[C@H](c2ccccc2)[C@@H]1CO. The largest absolute Gasteiger partial charge is 0.394 e. The van der Waals surface area contributed by atoms with Crippen molar-refractivity contribution in [2.75, 3.05) is 13.2 Å². The fourth-order valence-electron chi connectivity index (χ4n) is 2.69. The molecule has 1 aliphatic heterocycles. The molecule has 0 unspecified atom stereocenters. The first-order valence-corrected chi connectivity index (χ1v) is 6.86. The Morgan fingerprint density at radius 1 is 1.45 bits per heavy atom. The van der Waals surface area contributed by atoms with E-state index in [1.807, 2.05) is 37.3 Å². The summed E-state index contributed by atoms with van der Waals surface area (Å²) in [4.78, 5) is 13.5. The van der Waals surface area contributed by atoms with Crippen LogP contribution in [-0.2, 0) is 0 Å². The Labute approximate surface area is 118 Å². The number of likely N-dealkylation sites (tertiary alicyclic amines) is 1. The molecule has 106 valence electrons. The van der Waals surface area contributed by atoms with Crippen molar-refractivity contribution in [3.63, 3.8) is 0 Å². The van der Waals surface area contributed by atoms with E-state index in [1.54, 1.807) is 0 Å². The van der Waals surface area contributed by atoms with E-state index < -0.39 is 6.04 Å². The van der Waals surface area contributed by atoms with Crippen LogP contribution in [0.25, 0.3) is 0 Å². The van der Waals surface area contributed by atoms with Crippen molar-refractivity contribution in [3.05, 3.63) is 35.9 Å². The number of carbonyl (C=O) groups is 1. The smallest absolute Gasteiger partial charge is 0.318 e. The number of urea groups is 1. The van der Waals surface area contributed by atoms with Crippen LogP contribution in [0.4, 0.5) is 4.79 Å². The van der Waals surface area contributed by atoms with Crippen LogP contribution in [0.5, 0.6) is 0 Å². The topological polar surface area (TPSA) is 76.4 Å². The van der Waals surface area contributed by atoms with Gasteiger partial charge in [0.25, 0.3) is 0 Å². The molecule has 1 aromatic rings. The van der Waals surface area contributed by atoms with E-state index in [0.717, 1.165) is 12.0 Å². The van der Waals surface area contributed by atoms with Crippen molar-refractivity contribution < 1.29 is 9.90 Å². The number of nitrogens with one attached hydrogen (secondary N) is 1. The summed E-state index contributed by atoms with van der Waals surface area (Å²) in [6, 6.07) is 10.6. The molecule has 0 spiro atoms. The Morgan fingerprint density at radius 2 is 2.15 bits per heavy atom. The van der Waals surface area contributed by atoms with Gasteiger partial charge in [-0.3, -0.25) is 0 Å². The summed E-state index contributed by atoms with van der Waals surface area (Å²) < 4.78 is 0. The molecule has 5 nitrogen and oxygen atoms in total. The van der Waals surface area contributed by atoms with Crippen molar-refractivity contribution >= 4 is 6.03 Å². The number of benzene rings is 1. The Morgan fingerprint density at radius 3 is 2.70 bits per heavy atom. The third-order valence-electron chi connectivity index (χ3n) is 3.68. The van der Waals surface area contributed by atoms with Crippen LogP contribution in [0, 0.1) is 11.3 Å². The van der Waals surface area contributed by atoms with Crippen LogP contribution < -0.4 is 5.32 Å². The second kappa shape index (κ2) is 6.40. The molecule has 0 radical (unpaired) electrons. The number of nitrogens with zero attached hydrogens (tertiary/aromatic N) is 2. The van der Waals surface area contributed by atoms with Crippen molar-refractivity contribution in [1.82, 2.24) is 10.2 Å². The van der Waals surface area contributed by atoms with Gasteiger partial charge in [-0.05, 0) is 12.0 Å². The Bertz CT molecular complexity index is 498. The van der Waals surface area contributed by atoms with E-state index in [-0.39, 0.29) is 24.6 Å². The first-order chi connectivity index (χ1) is 9.74. The van der Waals surface area contributed by atoms with Crippen molar-refractivity contribution in [1.29, 1.82) is 5.26 Å². The standard InChI is InChI=1S/C15H19N3O2/c1-2-8-17-15(20)18-12(9-16)14(13(18)10-19)11-6-4-3-5-7-11/h3-7,12-14,19H,2,8,10H2,1H3,(H,17,20)/t12-,13+,14+/m1/s1. The molecule has 1 saturated heterocycles. The van der Waals surface area contributed by atoms with Crippen LogP contribution in [0.2, 0.25) is 0 Å². The van der Waals surface area contributed by atoms with Gasteiger partial charge in [0, 0.05) is 12.5 Å². The zero-order valence-electron chi connectivity index (χ0n) is 11.5. The molecule has 3 atom stereocenters. The molecule has 0 aliphatic carbocycles. The van der Waals surface area contributed by atoms with E-state index in [0.29, 0.717) is 6.54 Å². The summed E-state index contributed by atoms with van der Waals surface area (Å²) in [5.41, 5.74) is 0.984. The third kappa shape index (κ3) is 2.47. The molecule has 2 amide bonds. The minimum atomic E-state index is -0.522. The average Bonchev–Trinajstić information content (AvgIpc) is 2.46. The molecular weight excluding hydrogens is 254 g/mol. The molecule has 1 aromatic carbocycles. The maximum absolute atomic E-state index is 12.1. The fourth-order valence-corrected chi connectivity index (χ4v) is 2.69. The first-order valence-electron chi connectivity index (χ1n) is 6.86. The van der Waals surface area contributed by atoms with Crippen LogP contribution in [0.1, 0.15) is 24.8 Å². The maximum atomic E-state index is 12.1. The highest BCUT2D eigenvalue weighted by molar-refractivity contribution is 5.77. The summed E-state index contributed by atoms with van der Waals surface area (Å²) in [5, 5.41) is 21.6. The second-order valence-electron chi connectivity index (χ2n) is 4.90. The van der Waals surface area contributed by atoms with Crippen LogP contribution in [-0.4, -0.2) is 41.3 Å². The number of carbonyl (C=O) groups excluding carboxylic acids is 1. The molecule has 0 saturated carbocycles. The van der Waals surface area contributed by atoms with E-state index in [1.165, 1.54) is 4.90 Å². The molecule has 0 aromatic heterocycles. The highest BCUT2D eigenvalue weighted by atomic mass is 16.3. The van der Waals surface area contributed by atoms with Gasteiger partial charge in [0.1, 0.15) is 6.04 Å². The molecule has 1 aliphatic rings. The molecular formula is C15H19N3O2. The monoisotopic (exact) mass is 273 g/mol. The lowest BCUT2D eigenvalue weighted by Crippen LogP contribution is -2.67. The predicted molar refractivity (Wildman–Crippen MR) is 75.0 cm³/mol. The van der Waals surface area contributed by atoms with Crippen molar-refractivity contribution in [2.45, 2.75) is 31.3 Å². The summed E-state index contributed by atoms with van der Waals surface area (Å²) >= 11 is 0. The number of aliphatic hydroxyl groups is 1. The summed E-state index contributed by atoms with van der Waals surface area (Å²) in [6.07, 6.45) is 0.836. The van der Waals surface area contributed by atoms with E-state index in [4.69, 9.17) is 0 Å². The minimum Gasteiger partial charge on any atom is -0.394 e. The number of aliphatic hydroxyl groups excluding tert-OH is 1. The van der Waals surface area contributed by atoms with E-state index >= 15 is 0 Å². The van der Waals surface area contributed by atoms with Crippen LogP contribution >= 0.6 is 0 Å². The lowest BCUT2D eigenvalue weighted by molar-refractivity contribution is 0.0169. The fraction of sp³-hybridized carbons (Fsp3) is 0.467. The van der Waals surface area contributed by atoms with Gasteiger partial charge in [0.05, 0.1) is 18.7 Å². The van der Waals surface area contributed by atoms with Gasteiger partial charge < -0.3 is 15.3 Å². The predicted octanol–water partition coefficient (Wildman–Crippen LogP) is 1.46. The molecule has 2 rings (SSSR count). The highest BCUT2D eigenvalue weighted by Crippen LogP contribution is 2.40. The van der Waals surface area contributed by atoms with E-state index in [9.17, 15) is 15.2 Å². The number of hydrogen-bond acceptors (Lipinski definition) is 3. The maximum Gasteiger partial charge on any atom is 0.318 e. The second-order valence-corrected chi connectivity index (χ2v) is 4.90. The molecule has 0 bridgehead atoms. The first kappa shape index (κ1) is 14.4. The Balaban J connectivity index is 2.17. The number of amides is 2. The van der Waals surface area contributed by atoms with Gasteiger partial charge >= 0.3 is 6.03 Å². The molecule has 20 heavy (non-hydrogen) atoms. The number of nitriles is 1. The summed E-state index contributed by atoms with van der Waals surface area (Å²) in [5.74, 6) is -0.126. The van der Waals surface area contributed by atoms with Crippen molar-refractivity contribution in [2.24, 2.45) is 0 Å². The van der Waals surface area contributed by atoms with Crippen LogP contribution in [0.3, 0.4) is 0 Å².